The molecule has 2 rings (SSSR count). The van der Waals surface area contributed by atoms with Crippen molar-refractivity contribution in [3.8, 4) is 0 Å². The van der Waals surface area contributed by atoms with Crippen LogP contribution in [0.3, 0.4) is 0 Å². The van der Waals surface area contributed by atoms with Crippen LogP contribution in [0.4, 0.5) is 0 Å². The van der Waals surface area contributed by atoms with E-state index >= 15 is 0 Å². The van der Waals surface area contributed by atoms with E-state index in [0.717, 1.165) is 11.6 Å². The van der Waals surface area contributed by atoms with Crippen molar-refractivity contribution < 1.29 is 4.43 Å². The maximum atomic E-state index is 6.17. The minimum absolute atomic E-state index is 0.544. The van der Waals surface area contributed by atoms with Crippen molar-refractivity contribution in [2.24, 2.45) is 0 Å². The molecule has 0 saturated carbocycles. The standard InChI is InChI=1S/C16H18Cl2OSi/c1-20(2,12-13-6-4-3-5-7-13)19-11-14-8-9-15(17)10-16(14)18/h3-10H,11-12H2,1-2H3. The summed E-state index contributed by atoms with van der Waals surface area (Å²) < 4.78 is 6.15. The maximum absolute atomic E-state index is 6.17. The predicted octanol–water partition coefficient (Wildman–Crippen LogP) is 5.50. The molecule has 0 aliphatic heterocycles. The van der Waals surface area contributed by atoms with E-state index in [1.807, 2.05) is 18.2 Å². The van der Waals surface area contributed by atoms with Crippen molar-refractivity contribution >= 4 is 31.5 Å². The van der Waals surface area contributed by atoms with E-state index in [0.29, 0.717) is 16.7 Å². The molecule has 20 heavy (non-hydrogen) atoms. The van der Waals surface area contributed by atoms with Crippen LogP contribution in [0.2, 0.25) is 23.1 Å². The quantitative estimate of drug-likeness (QED) is 0.660. The first-order valence-corrected chi connectivity index (χ1v) is 10.5. The molecule has 0 fully saturated rings. The lowest BCUT2D eigenvalue weighted by Gasteiger charge is -2.23. The molecule has 0 aromatic heterocycles. The summed E-state index contributed by atoms with van der Waals surface area (Å²) in [4.78, 5) is 0. The molecule has 0 atom stereocenters. The molecule has 2 aromatic rings. The van der Waals surface area contributed by atoms with Gasteiger partial charge >= 0.3 is 0 Å². The molecule has 0 bridgehead atoms. The van der Waals surface area contributed by atoms with Crippen molar-refractivity contribution in [2.75, 3.05) is 0 Å². The Morgan fingerprint density at radius 3 is 2.35 bits per heavy atom. The molecule has 2 aromatic carbocycles. The monoisotopic (exact) mass is 324 g/mol. The normalized spacial score (nSPS) is 11.6. The summed E-state index contributed by atoms with van der Waals surface area (Å²) in [7, 11) is -1.76. The predicted molar refractivity (Wildman–Crippen MR) is 88.9 cm³/mol. The minimum atomic E-state index is -1.76. The Labute approximate surface area is 131 Å². The Morgan fingerprint density at radius 1 is 1.00 bits per heavy atom. The Balaban J connectivity index is 1.98. The summed E-state index contributed by atoms with van der Waals surface area (Å²) in [6.45, 7) is 5.00. The van der Waals surface area contributed by atoms with Gasteiger partial charge in [-0.25, -0.2) is 0 Å². The van der Waals surface area contributed by atoms with Gasteiger partial charge in [0, 0.05) is 10.0 Å². The van der Waals surface area contributed by atoms with Gasteiger partial charge in [0.05, 0.1) is 6.61 Å². The zero-order valence-electron chi connectivity index (χ0n) is 11.7. The van der Waals surface area contributed by atoms with Crippen LogP contribution in [0, 0.1) is 0 Å². The minimum Gasteiger partial charge on any atom is -0.413 e. The average Bonchev–Trinajstić information content (AvgIpc) is 2.38. The highest BCUT2D eigenvalue weighted by molar-refractivity contribution is 6.70. The van der Waals surface area contributed by atoms with Gasteiger partial charge in [0.1, 0.15) is 0 Å². The van der Waals surface area contributed by atoms with Gasteiger partial charge in [-0.05, 0) is 42.4 Å². The van der Waals surface area contributed by atoms with Crippen LogP contribution in [0.15, 0.2) is 48.5 Å². The molecule has 0 amide bonds. The summed E-state index contributed by atoms with van der Waals surface area (Å²) in [5, 5.41) is 1.32. The van der Waals surface area contributed by atoms with E-state index in [1.54, 1.807) is 6.07 Å². The molecule has 0 N–H and O–H groups in total. The average molecular weight is 325 g/mol. The number of halogens is 2. The van der Waals surface area contributed by atoms with Crippen LogP contribution in [-0.2, 0) is 17.1 Å². The highest BCUT2D eigenvalue weighted by Crippen LogP contribution is 2.23. The van der Waals surface area contributed by atoms with Crippen LogP contribution in [0.5, 0.6) is 0 Å². The zero-order valence-corrected chi connectivity index (χ0v) is 14.2. The highest BCUT2D eigenvalue weighted by Gasteiger charge is 2.23. The molecule has 0 spiro atoms. The van der Waals surface area contributed by atoms with Crippen LogP contribution in [0.1, 0.15) is 11.1 Å². The molecule has 1 nitrogen and oxygen atoms in total. The van der Waals surface area contributed by atoms with Crippen LogP contribution in [-0.4, -0.2) is 8.32 Å². The van der Waals surface area contributed by atoms with Crippen molar-refractivity contribution in [1.82, 2.24) is 0 Å². The molecule has 0 radical (unpaired) electrons. The summed E-state index contributed by atoms with van der Waals surface area (Å²) in [6, 6.07) is 17.0. The number of hydrogen-bond donors (Lipinski definition) is 0. The van der Waals surface area contributed by atoms with E-state index in [4.69, 9.17) is 27.6 Å². The summed E-state index contributed by atoms with van der Waals surface area (Å²) in [5.74, 6) is 0. The lowest BCUT2D eigenvalue weighted by atomic mass is 10.2. The van der Waals surface area contributed by atoms with Gasteiger partial charge in [-0.15, -0.1) is 0 Å². The van der Waals surface area contributed by atoms with Gasteiger partial charge in [0.15, 0.2) is 8.32 Å². The van der Waals surface area contributed by atoms with Gasteiger partial charge in [0.25, 0.3) is 0 Å². The van der Waals surface area contributed by atoms with E-state index in [9.17, 15) is 0 Å². The number of benzene rings is 2. The third-order valence-electron chi connectivity index (χ3n) is 3.11. The smallest absolute Gasteiger partial charge is 0.191 e. The Hall–Kier alpha value is -0.803. The lowest BCUT2D eigenvalue weighted by molar-refractivity contribution is 0.294. The fourth-order valence-corrected chi connectivity index (χ4v) is 4.38. The lowest BCUT2D eigenvalue weighted by Crippen LogP contribution is -2.33. The van der Waals surface area contributed by atoms with Gasteiger partial charge in [-0.1, -0.05) is 59.6 Å². The van der Waals surface area contributed by atoms with Crippen LogP contribution < -0.4 is 0 Å². The van der Waals surface area contributed by atoms with E-state index in [-0.39, 0.29) is 0 Å². The highest BCUT2D eigenvalue weighted by atomic mass is 35.5. The van der Waals surface area contributed by atoms with Gasteiger partial charge in [-0.3, -0.25) is 0 Å². The van der Waals surface area contributed by atoms with E-state index < -0.39 is 8.32 Å². The van der Waals surface area contributed by atoms with Crippen molar-refractivity contribution in [3.05, 3.63) is 69.7 Å². The van der Waals surface area contributed by atoms with Gasteiger partial charge < -0.3 is 4.43 Å². The van der Waals surface area contributed by atoms with E-state index in [2.05, 4.69) is 37.4 Å². The van der Waals surface area contributed by atoms with E-state index in [1.165, 1.54) is 5.56 Å². The SMILES string of the molecule is C[Si](C)(Cc1ccccc1)OCc1ccc(Cl)cc1Cl. The molecule has 0 unspecified atom stereocenters. The van der Waals surface area contributed by atoms with Gasteiger partial charge in [0.2, 0.25) is 0 Å². The first-order chi connectivity index (χ1) is 9.46. The Bertz CT molecular complexity index is 570. The molecular formula is C16H18Cl2OSi. The second kappa shape index (κ2) is 6.77. The number of hydrogen-bond acceptors (Lipinski definition) is 1. The fraction of sp³-hybridized carbons (Fsp3) is 0.250. The summed E-state index contributed by atoms with van der Waals surface area (Å²) in [5.41, 5.74) is 2.32. The fourth-order valence-electron chi connectivity index (χ4n) is 2.05. The van der Waals surface area contributed by atoms with Crippen LogP contribution >= 0.6 is 23.2 Å². The van der Waals surface area contributed by atoms with Crippen molar-refractivity contribution in [1.29, 1.82) is 0 Å². The molecular weight excluding hydrogens is 307 g/mol. The molecule has 4 heteroatoms. The summed E-state index contributed by atoms with van der Waals surface area (Å²) >= 11 is 12.1. The van der Waals surface area contributed by atoms with Crippen molar-refractivity contribution in [3.63, 3.8) is 0 Å². The third-order valence-corrected chi connectivity index (χ3v) is 5.88. The molecule has 0 heterocycles. The molecule has 0 aliphatic rings. The Kier molecular flexibility index (Phi) is 5.27. The number of rotatable bonds is 5. The van der Waals surface area contributed by atoms with Crippen molar-refractivity contribution in [2.45, 2.75) is 25.7 Å². The first-order valence-electron chi connectivity index (χ1n) is 6.58. The van der Waals surface area contributed by atoms with Gasteiger partial charge in [-0.2, -0.15) is 0 Å². The maximum Gasteiger partial charge on any atom is 0.191 e. The largest absolute Gasteiger partial charge is 0.413 e. The topological polar surface area (TPSA) is 9.23 Å². The summed E-state index contributed by atoms with van der Waals surface area (Å²) in [6.07, 6.45) is 0. The molecule has 106 valence electrons. The second-order valence-corrected chi connectivity index (χ2v) is 10.5. The molecule has 0 aliphatic carbocycles. The third kappa shape index (κ3) is 4.64. The second-order valence-electron chi connectivity index (χ2n) is 5.45. The first kappa shape index (κ1) is 15.6. The molecule has 0 saturated heterocycles. The Morgan fingerprint density at radius 2 is 1.70 bits per heavy atom. The van der Waals surface area contributed by atoms with Crippen LogP contribution in [0.25, 0.3) is 0 Å². The zero-order chi connectivity index (χ0) is 14.6.